The van der Waals surface area contributed by atoms with Crippen LogP contribution in [0.2, 0.25) is 0 Å². The molecule has 3 unspecified atom stereocenters. The summed E-state index contributed by atoms with van der Waals surface area (Å²) in [5.41, 5.74) is 0. The molecule has 0 aromatic carbocycles. The van der Waals surface area contributed by atoms with E-state index in [1.807, 2.05) is 12.2 Å². The van der Waals surface area contributed by atoms with E-state index in [0.29, 0.717) is 0 Å². The van der Waals surface area contributed by atoms with Gasteiger partial charge in [-0.25, -0.2) is 0 Å². The minimum absolute atomic E-state index is 0.0255. The fourth-order valence-electron chi connectivity index (χ4n) is 1.77. The van der Waals surface area contributed by atoms with Crippen molar-refractivity contribution in [2.75, 3.05) is 0 Å². The molecule has 0 aliphatic heterocycles. The number of allylic oxidation sites excluding steroid dienone is 2. The van der Waals surface area contributed by atoms with E-state index < -0.39 is 0 Å². The Balaban J connectivity index is 2.34. The van der Waals surface area contributed by atoms with Crippen molar-refractivity contribution in [1.82, 2.24) is 0 Å². The molecule has 2 aliphatic carbocycles. The normalized spacial score (nSPS) is 42.3. The van der Waals surface area contributed by atoms with Gasteiger partial charge in [0.15, 0.2) is 0 Å². The van der Waals surface area contributed by atoms with Crippen molar-refractivity contribution in [2.45, 2.75) is 6.42 Å². The molecule has 0 radical (unpaired) electrons. The van der Waals surface area contributed by atoms with Gasteiger partial charge in [0.25, 0.3) is 0 Å². The van der Waals surface area contributed by atoms with Crippen molar-refractivity contribution in [3.8, 4) is 6.07 Å². The number of hydrogen-bond acceptors (Lipinski definition) is 2. The van der Waals surface area contributed by atoms with Crippen molar-refractivity contribution < 1.29 is 4.79 Å². The van der Waals surface area contributed by atoms with Gasteiger partial charge in [0.2, 0.25) is 0 Å². The second kappa shape index (κ2) is 1.69. The fourth-order valence-corrected chi connectivity index (χ4v) is 1.77. The summed E-state index contributed by atoms with van der Waals surface area (Å²) in [6, 6.07) is 2.15. The molecule has 0 aromatic heterocycles. The lowest BCUT2D eigenvalue weighted by atomic mass is 9.95. The average Bonchev–Trinajstić information content (AvgIpc) is 2.46. The monoisotopic (exact) mass is 133 g/mol. The van der Waals surface area contributed by atoms with Crippen LogP contribution in [-0.4, -0.2) is 5.78 Å². The largest absolute Gasteiger partial charge is 0.298 e. The third-order valence-corrected chi connectivity index (χ3v) is 2.35. The van der Waals surface area contributed by atoms with E-state index in [1.165, 1.54) is 0 Å². The molecule has 0 N–H and O–H groups in total. The van der Waals surface area contributed by atoms with Crippen LogP contribution in [0, 0.1) is 29.1 Å². The van der Waals surface area contributed by atoms with Crippen molar-refractivity contribution in [3.05, 3.63) is 12.2 Å². The summed E-state index contributed by atoms with van der Waals surface area (Å²) in [6.45, 7) is 0. The van der Waals surface area contributed by atoms with E-state index >= 15 is 0 Å². The number of carbonyl (C=O) groups excluding carboxylic acids is 1. The van der Waals surface area contributed by atoms with E-state index in [2.05, 4.69) is 6.07 Å². The third kappa shape index (κ3) is 0.501. The van der Waals surface area contributed by atoms with Gasteiger partial charge in [0, 0.05) is 5.92 Å². The Hall–Kier alpha value is -1.10. The Labute approximate surface area is 59.1 Å². The van der Waals surface area contributed by atoms with Gasteiger partial charge in [0.05, 0.1) is 17.9 Å². The lowest BCUT2D eigenvalue weighted by molar-refractivity contribution is -0.120. The number of rotatable bonds is 0. The predicted octanol–water partition coefficient (Wildman–Crippen LogP) is 0.901. The van der Waals surface area contributed by atoms with Gasteiger partial charge in [0.1, 0.15) is 5.78 Å². The van der Waals surface area contributed by atoms with E-state index in [9.17, 15) is 4.79 Å². The maximum Gasteiger partial charge on any atom is 0.147 e. The number of fused-ring (bicyclic) bond motifs is 2. The van der Waals surface area contributed by atoms with Crippen molar-refractivity contribution in [2.24, 2.45) is 17.8 Å². The van der Waals surface area contributed by atoms with Crippen LogP contribution in [-0.2, 0) is 4.79 Å². The zero-order valence-corrected chi connectivity index (χ0v) is 5.45. The summed E-state index contributed by atoms with van der Waals surface area (Å²) in [5, 5.41) is 8.57. The molecule has 2 rings (SSSR count). The summed E-state index contributed by atoms with van der Waals surface area (Å²) >= 11 is 0. The number of hydrogen-bond donors (Lipinski definition) is 0. The topological polar surface area (TPSA) is 40.9 Å². The van der Waals surface area contributed by atoms with E-state index in [1.54, 1.807) is 0 Å². The summed E-state index contributed by atoms with van der Waals surface area (Å²) < 4.78 is 0. The number of nitrogens with zero attached hydrogens (tertiary/aromatic N) is 1. The Kier molecular flexibility index (Phi) is 0.960. The first kappa shape index (κ1) is 5.67. The van der Waals surface area contributed by atoms with Gasteiger partial charge in [-0.05, 0) is 6.42 Å². The first-order chi connectivity index (χ1) is 4.83. The molecule has 1 fully saturated rings. The highest BCUT2D eigenvalue weighted by atomic mass is 16.1. The molecule has 2 bridgehead atoms. The average molecular weight is 133 g/mol. The minimum atomic E-state index is -0.0602. The Morgan fingerprint density at radius 3 is 2.70 bits per heavy atom. The highest BCUT2D eigenvalue weighted by Crippen LogP contribution is 2.39. The van der Waals surface area contributed by atoms with Crippen molar-refractivity contribution in [3.63, 3.8) is 0 Å². The van der Waals surface area contributed by atoms with Crippen LogP contribution in [0.5, 0.6) is 0 Å². The quantitative estimate of drug-likeness (QED) is 0.460. The molecule has 1 saturated carbocycles. The molecule has 2 heteroatoms. The Morgan fingerprint density at radius 1 is 1.60 bits per heavy atom. The zero-order chi connectivity index (χ0) is 7.14. The van der Waals surface area contributed by atoms with Crippen LogP contribution in [0.4, 0.5) is 0 Å². The predicted molar refractivity (Wildman–Crippen MR) is 34.8 cm³/mol. The molecular weight excluding hydrogens is 126 g/mol. The van der Waals surface area contributed by atoms with Gasteiger partial charge >= 0.3 is 0 Å². The smallest absolute Gasteiger partial charge is 0.147 e. The maximum atomic E-state index is 11.1. The number of ketones is 1. The molecular formula is C8H7NO. The van der Waals surface area contributed by atoms with E-state index in [-0.39, 0.29) is 23.5 Å². The SMILES string of the molecule is N#CC1CC2C=CC1C2=O. The fraction of sp³-hybridized carbons (Fsp3) is 0.500. The van der Waals surface area contributed by atoms with E-state index in [0.717, 1.165) is 6.42 Å². The highest BCUT2D eigenvalue weighted by molar-refractivity contribution is 5.92. The molecule has 0 amide bonds. The van der Waals surface area contributed by atoms with E-state index in [4.69, 9.17) is 5.26 Å². The molecule has 0 spiro atoms. The van der Waals surface area contributed by atoms with Crippen LogP contribution in [0.3, 0.4) is 0 Å². The first-order valence-corrected chi connectivity index (χ1v) is 3.44. The third-order valence-electron chi connectivity index (χ3n) is 2.35. The number of carbonyl (C=O) groups is 1. The molecule has 0 aromatic rings. The summed E-state index contributed by atoms with van der Waals surface area (Å²) in [6.07, 6.45) is 4.57. The maximum absolute atomic E-state index is 11.1. The standard InChI is InChI=1S/C8H7NO/c9-4-6-3-5-1-2-7(6)8(5)10/h1-2,5-7H,3H2. The number of Topliss-reactive ketones (excluding diaryl/α,β-unsaturated/α-hetero) is 1. The first-order valence-electron chi connectivity index (χ1n) is 3.44. The summed E-state index contributed by atoms with van der Waals surface area (Å²) in [7, 11) is 0. The second-order valence-electron chi connectivity index (χ2n) is 2.89. The Bertz CT molecular complexity index is 248. The van der Waals surface area contributed by atoms with Crippen LogP contribution >= 0.6 is 0 Å². The highest BCUT2D eigenvalue weighted by Gasteiger charge is 2.43. The molecule has 2 nitrogen and oxygen atoms in total. The van der Waals surface area contributed by atoms with Gasteiger partial charge in [-0.15, -0.1) is 0 Å². The number of nitriles is 1. The van der Waals surface area contributed by atoms with Crippen molar-refractivity contribution >= 4 is 5.78 Å². The Morgan fingerprint density at radius 2 is 2.40 bits per heavy atom. The molecule has 10 heavy (non-hydrogen) atoms. The summed E-state index contributed by atoms with van der Waals surface area (Å²) in [5.74, 6) is 0.249. The minimum Gasteiger partial charge on any atom is -0.298 e. The van der Waals surface area contributed by atoms with Crippen LogP contribution in [0.25, 0.3) is 0 Å². The van der Waals surface area contributed by atoms with Crippen LogP contribution < -0.4 is 0 Å². The molecule has 0 heterocycles. The second-order valence-corrected chi connectivity index (χ2v) is 2.89. The molecule has 2 aliphatic rings. The summed E-state index contributed by atoms with van der Waals surface area (Å²) in [4.78, 5) is 11.1. The van der Waals surface area contributed by atoms with Crippen LogP contribution in [0.15, 0.2) is 12.2 Å². The zero-order valence-electron chi connectivity index (χ0n) is 5.45. The lowest BCUT2D eigenvalue weighted by Crippen LogP contribution is -2.08. The van der Waals surface area contributed by atoms with Gasteiger partial charge < -0.3 is 0 Å². The van der Waals surface area contributed by atoms with Gasteiger partial charge in [-0.2, -0.15) is 5.26 Å². The molecule has 0 saturated heterocycles. The van der Waals surface area contributed by atoms with Crippen molar-refractivity contribution in [1.29, 1.82) is 5.26 Å². The molecule has 3 atom stereocenters. The lowest BCUT2D eigenvalue weighted by Gasteiger charge is -2.04. The van der Waals surface area contributed by atoms with Gasteiger partial charge in [-0.3, -0.25) is 4.79 Å². The molecule has 50 valence electrons. The van der Waals surface area contributed by atoms with Crippen LogP contribution in [0.1, 0.15) is 6.42 Å². The van der Waals surface area contributed by atoms with Gasteiger partial charge in [-0.1, -0.05) is 12.2 Å².